The minimum absolute atomic E-state index is 0.969. The van der Waals surface area contributed by atoms with Crippen molar-refractivity contribution in [2.45, 2.75) is 70.8 Å². The number of likely N-dealkylation sites (tertiary alicyclic amines) is 1. The van der Waals surface area contributed by atoms with Gasteiger partial charge < -0.3 is 10.2 Å². The van der Waals surface area contributed by atoms with Crippen molar-refractivity contribution in [3.8, 4) is 0 Å². The maximum Gasteiger partial charge on any atom is 0.0124 e. The minimum Gasteiger partial charge on any atom is -0.317 e. The largest absolute Gasteiger partial charge is 0.317 e. The van der Waals surface area contributed by atoms with Crippen molar-refractivity contribution in [3.05, 3.63) is 0 Å². The molecule has 1 aliphatic carbocycles. The predicted octanol–water partition coefficient (Wildman–Crippen LogP) is 3.42. The fourth-order valence-corrected chi connectivity index (χ4v) is 3.82. The lowest BCUT2D eigenvalue weighted by atomic mass is 9.85. The van der Waals surface area contributed by atoms with Gasteiger partial charge in [-0.15, -0.1) is 0 Å². The van der Waals surface area contributed by atoms with Gasteiger partial charge in [-0.25, -0.2) is 0 Å². The van der Waals surface area contributed by atoms with Crippen molar-refractivity contribution >= 4 is 0 Å². The number of hydrogen-bond donors (Lipinski definition) is 1. The average molecular weight is 252 g/mol. The van der Waals surface area contributed by atoms with E-state index in [9.17, 15) is 0 Å². The number of fused-ring (bicyclic) bond motifs is 1. The zero-order valence-corrected chi connectivity index (χ0v) is 12.3. The van der Waals surface area contributed by atoms with Crippen LogP contribution in [0.5, 0.6) is 0 Å². The van der Waals surface area contributed by atoms with E-state index in [1.165, 1.54) is 84.0 Å². The molecule has 2 unspecified atom stereocenters. The third kappa shape index (κ3) is 4.24. The monoisotopic (exact) mass is 252 g/mol. The van der Waals surface area contributed by atoms with Crippen LogP contribution in [-0.2, 0) is 0 Å². The van der Waals surface area contributed by atoms with Crippen molar-refractivity contribution in [1.29, 1.82) is 0 Å². The van der Waals surface area contributed by atoms with Gasteiger partial charge in [-0.1, -0.05) is 26.2 Å². The van der Waals surface area contributed by atoms with E-state index in [1.54, 1.807) is 0 Å². The third-order valence-corrected chi connectivity index (χ3v) is 4.85. The van der Waals surface area contributed by atoms with Crippen LogP contribution in [0.25, 0.3) is 0 Å². The summed E-state index contributed by atoms with van der Waals surface area (Å²) in [5.74, 6) is 1.06. The first-order valence-corrected chi connectivity index (χ1v) is 8.36. The Morgan fingerprint density at radius 1 is 1.00 bits per heavy atom. The minimum atomic E-state index is 0.969. The summed E-state index contributed by atoms with van der Waals surface area (Å²) >= 11 is 0. The fraction of sp³-hybridized carbons (Fsp3) is 1.00. The SMILES string of the molecule is CCCNCCCCCN1CCC2CCCCC21. The van der Waals surface area contributed by atoms with Gasteiger partial charge in [0.15, 0.2) is 0 Å². The Morgan fingerprint density at radius 2 is 1.89 bits per heavy atom. The van der Waals surface area contributed by atoms with Crippen LogP contribution in [0.15, 0.2) is 0 Å². The fourth-order valence-electron chi connectivity index (χ4n) is 3.82. The molecule has 2 fully saturated rings. The van der Waals surface area contributed by atoms with Gasteiger partial charge in [0.2, 0.25) is 0 Å². The van der Waals surface area contributed by atoms with E-state index in [4.69, 9.17) is 0 Å². The maximum absolute atomic E-state index is 3.50. The lowest BCUT2D eigenvalue weighted by Gasteiger charge is -2.31. The van der Waals surface area contributed by atoms with Crippen LogP contribution in [0.4, 0.5) is 0 Å². The maximum atomic E-state index is 3.50. The van der Waals surface area contributed by atoms with Crippen LogP contribution in [0.1, 0.15) is 64.7 Å². The molecule has 0 amide bonds. The van der Waals surface area contributed by atoms with Gasteiger partial charge in [0.1, 0.15) is 0 Å². The van der Waals surface area contributed by atoms with E-state index in [0.29, 0.717) is 0 Å². The van der Waals surface area contributed by atoms with E-state index >= 15 is 0 Å². The summed E-state index contributed by atoms with van der Waals surface area (Å²) in [6, 6.07) is 0.969. The molecule has 0 spiro atoms. The summed E-state index contributed by atoms with van der Waals surface area (Å²) in [5.41, 5.74) is 0. The molecular formula is C16H32N2. The number of nitrogens with zero attached hydrogens (tertiary/aromatic N) is 1. The van der Waals surface area contributed by atoms with Gasteiger partial charge in [-0.3, -0.25) is 0 Å². The quantitative estimate of drug-likeness (QED) is 0.666. The summed E-state index contributed by atoms with van der Waals surface area (Å²) in [7, 11) is 0. The standard InChI is InChI=1S/C16H32N2/c1-2-11-17-12-6-3-7-13-18-14-10-15-8-4-5-9-16(15)18/h15-17H,2-14H2,1H3. The summed E-state index contributed by atoms with van der Waals surface area (Å²) in [4.78, 5) is 2.81. The zero-order chi connectivity index (χ0) is 12.6. The molecule has 1 heterocycles. The Bertz CT molecular complexity index is 217. The van der Waals surface area contributed by atoms with E-state index in [-0.39, 0.29) is 0 Å². The molecule has 1 saturated carbocycles. The Hall–Kier alpha value is -0.0800. The van der Waals surface area contributed by atoms with E-state index in [0.717, 1.165) is 12.0 Å². The molecule has 2 aliphatic rings. The van der Waals surface area contributed by atoms with Gasteiger partial charge in [-0.05, 0) is 70.6 Å². The Balaban J connectivity index is 1.51. The molecule has 2 heteroatoms. The van der Waals surface area contributed by atoms with Gasteiger partial charge in [0, 0.05) is 6.04 Å². The number of nitrogens with one attached hydrogen (secondary N) is 1. The molecule has 0 aromatic carbocycles. The van der Waals surface area contributed by atoms with E-state index in [2.05, 4.69) is 17.1 Å². The Labute approximate surface area is 114 Å². The Morgan fingerprint density at radius 3 is 2.78 bits per heavy atom. The molecule has 2 nitrogen and oxygen atoms in total. The highest BCUT2D eigenvalue weighted by atomic mass is 15.2. The molecule has 18 heavy (non-hydrogen) atoms. The highest BCUT2D eigenvalue weighted by Gasteiger charge is 2.34. The zero-order valence-electron chi connectivity index (χ0n) is 12.3. The molecule has 1 N–H and O–H groups in total. The average Bonchev–Trinajstić information content (AvgIpc) is 2.81. The number of unbranched alkanes of at least 4 members (excludes halogenated alkanes) is 2. The van der Waals surface area contributed by atoms with Gasteiger partial charge in [0.25, 0.3) is 0 Å². The second-order valence-electron chi connectivity index (χ2n) is 6.25. The first-order chi connectivity index (χ1) is 8.92. The molecule has 0 aromatic heterocycles. The normalized spacial score (nSPS) is 28.5. The number of rotatable bonds is 8. The molecule has 2 atom stereocenters. The lowest BCUT2D eigenvalue weighted by molar-refractivity contribution is 0.179. The van der Waals surface area contributed by atoms with Crippen LogP contribution in [0.3, 0.4) is 0 Å². The second kappa shape index (κ2) is 8.16. The Kier molecular flexibility index (Phi) is 6.50. The van der Waals surface area contributed by atoms with Gasteiger partial charge >= 0.3 is 0 Å². The van der Waals surface area contributed by atoms with Crippen LogP contribution in [0.2, 0.25) is 0 Å². The van der Waals surface area contributed by atoms with Gasteiger partial charge in [-0.2, -0.15) is 0 Å². The van der Waals surface area contributed by atoms with Crippen LogP contribution < -0.4 is 5.32 Å². The van der Waals surface area contributed by atoms with Crippen LogP contribution in [-0.4, -0.2) is 37.1 Å². The summed E-state index contributed by atoms with van der Waals surface area (Å²) in [6.45, 7) is 7.41. The van der Waals surface area contributed by atoms with Crippen molar-refractivity contribution in [1.82, 2.24) is 10.2 Å². The first kappa shape index (κ1) is 14.3. The molecule has 0 aromatic rings. The second-order valence-corrected chi connectivity index (χ2v) is 6.25. The van der Waals surface area contributed by atoms with E-state index in [1.807, 2.05) is 0 Å². The van der Waals surface area contributed by atoms with Crippen LogP contribution >= 0.6 is 0 Å². The lowest BCUT2D eigenvalue weighted by Crippen LogP contribution is -2.35. The van der Waals surface area contributed by atoms with Crippen molar-refractivity contribution in [2.75, 3.05) is 26.2 Å². The first-order valence-electron chi connectivity index (χ1n) is 8.36. The predicted molar refractivity (Wildman–Crippen MR) is 78.9 cm³/mol. The summed E-state index contributed by atoms with van der Waals surface area (Å²) in [6.07, 6.45) is 12.9. The van der Waals surface area contributed by atoms with Crippen molar-refractivity contribution < 1.29 is 0 Å². The summed E-state index contributed by atoms with van der Waals surface area (Å²) in [5, 5.41) is 3.50. The molecule has 1 saturated heterocycles. The molecule has 106 valence electrons. The van der Waals surface area contributed by atoms with E-state index < -0.39 is 0 Å². The topological polar surface area (TPSA) is 15.3 Å². The van der Waals surface area contributed by atoms with Crippen molar-refractivity contribution in [3.63, 3.8) is 0 Å². The molecule has 0 radical (unpaired) electrons. The van der Waals surface area contributed by atoms with Crippen molar-refractivity contribution in [2.24, 2.45) is 5.92 Å². The molecular weight excluding hydrogens is 220 g/mol. The van der Waals surface area contributed by atoms with Gasteiger partial charge in [0.05, 0.1) is 0 Å². The smallest absolute Gasteiger partial charge is 0.0124 e. The highest BCUT2D eigenvalue weighted by Crippen LogP contribution is 2.36. The third-order valence-electron chi connectivity index (χ3n) is 4.85. The highest BCUT2D eigenvalue weighted by molar-refractivity contribution is 4.89. The van der Waals surface area contributed by atoms with Crippen LogP contribution in [0, 0.1) is 5.92 Å². The molecule has 0 bridgehead atoms. The molecule has 1 aliphatic heterocycles. The summed E-state index contributed by atoms with van der Waals surface area (Å²) < 4.78 is 0. The number of hydrogen-bond acceptors (Lipinski definition) is 2. The molecule has 2 rings (SSSR count).